The molecule has 4 heteroatoms. The highest BCUT2D eigenvalue weighted by Gasteiger charge is 2.48. The Bertz CT molecular complexity index is 1220. The van der Waals surface area contributed by atoms with Gasteiger partial charge >= 0.3 is 0 Å². The van der Waals surface area contributed by atoms with E-state index in [-0.39, 0.29) is 29.1 Å². The standard InChI is InChI=1S/C30H34N2O2/c1-21(18-22-12-13-23-8-4-5-9-24(23)19-22)28(33)32-16-14-30(15-17-32)20-26(29(34)31(2)3)25-10-6-7-11-27(25)30/h4-13,19,21,26H,14-18,20H2,1-3H3/t21-,26-/m1/s1. The molecule has 0 N–H and O–H groups in total. The second kappa shape index (κ2) is 8.90. The van der Waals surface area contributed by atoms with Crippen LogP contribution in [0.3, 0.4) is 0 Å². The monoisotopic (exact) mass is 454 g/mol. The number of carbonyl (C=O) groups is 2. The Kier molecular flexibility index (Phi) is 5.93. The van der Waals surface area contributed by atoms with Crippen molar-refractivity contribution >= 4 is 22.6 Å². The molecule has 176 valence electrons. The molecule has 1 spiro atoms. The van der Waals surface area contributed by atoms with Crippen LogP contribution in [0.2, 0.25) is 0 Å². The van der Waals surface area contributed by atoms with Crippen molar-refractivity contribution < 1.29 is 9.59 Å². The van der Waals surface area contributed by atoms with E-state index >= 15 is 0 Å². The molecule has 0 saturated carbocycles. The van der Waals surface area contributed by atoms with Gasteiger partial charge < -0.3 is 9.80 Å². The highest BCUT2D eigenvalue weighted by Crippen LogP contribution is 2.52. The molecule has 1 aliphatic carbocycles. The molecule has 5 rings (SSSR count). The van der Waals surface area contributed by atoms with E-state index in [1.54, 1.807) is 4.90 Å². The number of hydrogen-bond acceptors (Lipinski definition) is 2. The van der Waals surface area contributed by atoms with Crippen LogP contribution in [-0.2, 0) is 21.4 Å². The highest BCUT2D eigenvalue weighted by atomic mass is 16.2. The molecule has 0 bridgehead atoms. The molecule has 1 heterocycles. The smallest absolute Gasteiger partial charge is 0.229 e. The fourth-order valence-corrected chi connectivity index (χ4v) is 6.17. The van der Waals surface area contributed by atoms with Crippen molar-refractivity contribution in [2.75, 3.05) is 27.2 Å². The van der Waals surface area contributed by atoms with Crippen molar-refractivity contribution in [2.24, 2.45) is 5.92 Å². The summed E-state index contributed by atoms with van der Waals surface area (Å²) in [7, 11) is 3.68. The first-order chi connectivity index (χ1) is 16.4. The van der Waals surface area contributed by atoms with Gasteiger partial charge in [-0.25, -0.2) is 0 Å². The average Bonchev–Trinajstić information content (AvgIpc) is 3.17. The summed E-state index contributed by atoms with van der Waals surface area (Å²) >= 11 is 0. The lowest BCUT2D eigenvalue weighted by Crippen LogP contribution is -2.46. The number of likely N-dealkylation sites (tertiary alicyclic amines) is 1. The van der Waals surface area contributed by atoms with Gasteiger partial charge in [-0.2, -0.15) is 0 Å². The molecule has 4 nitrogen and oxygen atoms in total. The third-order valence-corrected chi connectivity index (χ3v) is 8.05. The normalized spacial score (nSPS) is 19.7. The molecule has 34 heavy (non-hydrogen) atoms. The van der Waals surface area contributed by atoms with Gasteiger partial charge in [-0.3, -0.25) is 9.59 Å². The molecular formula is C30H34N2O2. The summed E-state index contributed by atoms with van der Waals surface area (Å²) in [6.45, 7) is 3.58. The largest absolute Gasteiger partial charge is 0.348 e. The van der Waals surface area contributed by atoms with Crippen LogP contribution in [0.1, 0.15) is 48.8 Å². The molecule has 0 aromatic heterocycles. The second-order valence-corrected chi connectivity index (χ2v) is 10.5. The fourth-order valence-electron chi connectivity index (χ4n) is 6.17. The molecule has 0 radical (unpaired) electrons. The molecule has 3 aromatic rings. The third kappa shape index (κ3) is 4.00. The van der Waals surface area contributed by atoms with Gasteiger partial charge in [0.25, 0.3) is 0 Å². The lowest BCUT2D eigenvalue weighted by molar-refractivity contribution is -0.137. The number of likely N-dealkylation sites (N-methyl/N-ethyl adjacent to an activating group) is 1. The first-order valence-corrected chi connectivity index (χ1v) is 12.4. The molecule has 2 atom stereocenters. The Balaban J connectivity index is 1.27. The molecular weight excluding hydrogens is 420 g/mol. The average molecular weight is 455 g/mol. The predicted molar refractivity (Wildman–Crippen MR) is 137 cm³/mol. The van der Waals surface area contributed by atoms with Gasteiger partial charge in [0, 0.05) is 38.5 Å². The Morgan fingerprint density at radius 1 is 0.971 bits per heavy atom. The molecule has 1 saturated heterocycles. The number of benzene rings is 3. The summed E-state index contributed by atoms with van der Waals surface area (Å²) in [6, 6.07) is 23.3. The van der Waals surface area contributed by atoms with E-state index < -0.39 is 0 Å². The topological polar surface area (TPSA) is 40.6 Å². The van der Waals surface area contributed by atoms with Gasteiger partial charge in [0.2, 0.25) is 11.8 Å². The van der Waals surface area contributed by atoms with E-state index in [1.807, 2.05) is 20.2 Å². The van der Waals surface area contributed by atoms with Gasteiger partial charge in [0.05, 0.1) is 5.92 Å². The van der Waals surface area contributed by atoms with Gasteiger partial charge in [0.15, 0.2) is 0 Å². The number of fused-ring (bicyclic) bond motifs is 3. The van der Waals surface area contributed by atoms with Crippen LogP contribution in [0.15, 0.2) is 66.7 Å². The van der Waals surface area contributed by atoms with Gasteiger partial charge in [0.1, 0.15) is 0 Å². The summed E-state index contributed by atoms with van der Waals surface area (Å²) < 4.78 is 0. The van der Waals surface area contributed by atoms with E-state index in [0.29, 0.717) is 0 Å². The fraction of sp³-hybridized carbons (Fsp3) is 0.400. The van der Waals surface area contributed by atoms with Crippen LogP contribution >= 0.6 is 0 Å². The van der Waals surface area contributed by atoms with E-state index in [2.05, 4.69) is 72.5 Å². The maximum absolute atomic E-state index is 13.3. The molecule has 1 fully saturated rings. The van der Waals surface area contributed by atoms with Crippen molar-refractivity contribution in [3.05, 3.63) is 83.4 Å². The number of amides is 2. The number of piperidine rings is 1. The minimum Gasteiger partial charge on any atom is -0.348 e. The zero-order valence-electron chi connectivity index (χ0n) is 20.5. The maximum Gasteiger partial charge on any atom is 0.229 e. The van der Waals surface area contributed by atoms with Crippen LogP contribution in [-0.4, -0.2) is 48.8 Å². The van der Waals surface area contributed by atoms with Crippen molar-refractivity contribution in [2.45, 2.75) is 43.9 Å². The van der Waals surface area contributed by atoms with Gasteiger partial charge in [-0.05, 0) is 53.1 Å². The van der Waals surface area contributed by atoms with Crippen LogP contribution in [0.4, 0.5) is 0 Å². The van der Waals surface area contributed by atoms with Crippen LogP contribution in [0, 0.1) is 5.92 Å². The maximum atomic E-state index is 13.3. The summed E-state index contributed by atoms with van der Waals surface area (Å²) in [5.74, 6) is 0.316. The van der Waals surface area contributed by atoms with E-state index in [4.69, 9.17) is 0 Å². The first kappa shape index (κ1) is 22.6. The van der Waals surface area contributed by atoms with E-state index in [1.165, 1.54) is 27.5 Å². The van der Waals surface area contributed by atoms with Crippen molar-refractivity contribution in [3.8, 4) is 0 Å². The van der Waals surface area contributed by atoms with Crippen LogP contribution in [0.5, 0.6) is 0 Å². The number of hydrogen-bond donors (Lipinski definition) is 0. The molecule has 2 aliphatic rings. The van der Waals surface area contributed by atoms with Crippen LogP contribution < -0.4 is 0 Å². The first-order valence-electron chi connectivity index (χ1n) is 12.4. The second-order valence-electron chi connectivity index (χ2n) is 10.5. The summed E-state index contributed by atoms with van der Waals surface area (Å²) in [4.78, 5) is 30.0. The number of rotatable bonds is 4. The van der Waals surface area contributed by atoms with Crippen molar-refractivity contribution in [3.63, 3.8) is 0 Å². The Morgan fingerprint density at radius 2 is 1.65 bits per heavy atom. The molecule has 0 unspecified atom stereocenters. The predicted octanol–water partition coefficient (Wildman–Crippen LogP) is 5.15. The SMILES string of the molecule is C[C@H](Cc1ccc2ccccc2c1)C(=O)N1CCC2(CC1)C[C@@H](C(=O)N(C)C)c1ccccc12. The molecule has 3 aromatic carbocycles. The zero-order valence-corrected chi connectivity index (χ0v) is 20.5. The third-order valence-electron chi connectivity index (χ3n) is 8.05. The number of nitrogens with zero attached hydrogens (tertiary/aromatic N) is 2. The van der Waals surface area contributed by atoms with Crippen molar-refractivity contribution in [1.29, 1.82) is 0 Å². The quantitative estimate of drug-likeness (QED) is 0.547. The molecule has 2 amide bonds. The van der Waals surface area contributed by atoms with Crippen molar-refractivity contribution in [1.82, 2.24) is 9.80 Å². The lowest BCUT2D eigenvalue weighted by atomic mass is 9.73. The molecule has 1 aliphatic heterocycles. The van der Waals surface area contributed by atoms with Gasteiger partial charge in [-0.15, -0.1) is 0 Å². The Morgan fingerprint density at radius 3 is 2.38 bits per heavy atom. The van der Waals surface area contributed by atoms with Crippen LogP contribution in [0.25, 0.3) is 10.8 Å². The zero-order chi connectivity index (χ0) is 23.9. The minimum absolute atomic E-state index is 0.00525. The van der Waals surface area contributed by atoms with E-state index in [9.17, 15) is 9.59 Å². The minimum atomic E-state index is -0.0692. The summed E-state index contributed by atoms with van der Waals surface area (Å²) in [5, 5.41) is 2.45. The Hall–Kier alpha value is -3.14. The lowest BCUT2D eigenvalue weighted by Gasteiger charge is -2.41. The highest BCUT2D eigenvalue weighted by molar-refractivity contribution is 5.86. The van der Waals surface area contributed by atoms with Gasteiger partial charge in [-0.1, -0.05) is 73.7 Å². The summed E-state index contributed by atoms with van der Waals surface area (Å²) in [6.07, 6.45) is 3.47. The van der Waals surface area contributed by atoms with E-state index in [0.717, 1.165) is 38.8 Å². The summed E-state index contributed by atoms with van der Waals surface area (Å²) in [5.41, 5.74) is 3.73. The Labute approximate surface area is 202 Å². The number of carbonyl (C=O) groups excluding carboxylic acids is 2.